The highest BCUT2D eigenvalue weighted by Gasteiger charge is 2.10. The second kappa shape index (κ2) is 9.07. The van der Waals surface area contributed by atoms with Crippen molar-refractivity contribution in [1.29, 1.82) is 0 Å². The maximum Gasteiger partial charge on any atom is 0.193 e. The monoisotopic (exact) mass is 506 g/mol. The number of methoxy groups -OCH3 is 1. The summed E-state index contributed by atoms with van der Waals surface area (Å²) >= 11 is 1.60. The van der Waals surface area contributed by atoms with Crippen LogP contribution in [0.2, 0.25) is 0 Å². The summed E-state index contributed by atoms with van der Waals surface area (Å²) in [5.41, 5.74) is 7.71. The summed E-state index contributed by atoms with van der Waals surface area (Å²) in [5, 5.41) is 3.89. The number of halogens is 1. The summed E-state index contributed by atoms with van der Waals surface area (Å²) in [4.78, 5) is 8.94. The van der Waals surface area contributed by atoms with Gasteiger partial charge in [0.1, 0.15) is 18.1 Å². The second-order valence-electron chi connectivity index (χ2n) is 5.78. The molecule has 28 heavy (non-hydrogen) atoms. The molecule has 2 aromatic heterocycles. The van der Waals surface area contributed by atoms with Crippen LogP contribution in [0, 0.1) is 0 Å². The van der Waals surface area contributed by atoms with Gasteiger partial charge in [-0.25, -0.2) is 9.98 Å². The minimum absolute atomic E-state index is 0. The Morgan fingerprint density at radius 1 is 1.14 bits per heavy atom. The van der Waals surface area contributed by atoms with Crippen molar-refractivity contribution in [3.05, 3.63) is 66.4 Å². The Morgan fingerprint density at radius 3 is 2.75 bits per heavy atom. The Balaban J connectivity index is 0.00000225. The lowest BCUT2D eigenvalue weighted by atomic mass is 10.3. The van der Waals surface area contributed by atoms with E-state index in [1.807, 2.05) is 54.6 Å². The van der Waals surface area contributed by atoms with Crippen LogP contribution in [0.25, 0.3) is 21.0 Å². The van der Waals surface area contributed by atoms with Crippen molar-refractivity contribution < 1.29 is 9.15 Å². The average Bonchev–Trinajstić information content (AvgIpc) is 3.33. The highest BCUT2D eigenvalue weighted by atomic mass is 127. The molecule has 0 atom stereocenters. The predicted molar refractivity (Wildman–Crippen MR) is 125 cm³/mol. The fraction of sp³-hybridized carbons (Fsp3) is 0.100. The van der Waals surface area contributed by atoms with Crippen molar-refractivity contribution in [2.45, 2.75) is 6.54 Å². The Bertz CT molecular complexity index is 1070. The van der Waals surface area contributed by atoms with E-state index in [0.717, 1.165) is 26.7 Å². The molecule has 0 unspecified atom stereocenters. The third-order valence-electron chi connectivity index (χ3n) is 3.94. The summed E-state index contributed by atoms with van der Waals surface area (Å²) in [5.74, 6) is 2.44. The molecule has 0 aliphatic carbocycles. The van der Waals surface area contributed by atoms with E-state index in [4.69, 9.17) is 14.9 Å². The van der Waals surface area contributed by atoms with Crippen molar-refractivity contribution in [3.63, 3.8) is 0 Å². The van der Waals surface area contributed by atoms with Gasteiger partial charge >= 0.3 is 0 Å². The number of anilines is 1. The third kappa shape index (κ3) is 4.45. The maximum atomic E-state index is 5.98. The van der Waals surface area contributed by atoms with E-state index in [9.17, 15) is 0 Å². The molecular formula is C20H19IN4O2S. The number of guanidine groups is 1. The van der Waals surface area contributed by atoms with Crippen LogP contribution in [0.4, 0.5) is 5.69 Å². The first kappa shape index (κ1) is 20.2. The van der Waals surface area contributed by atoms with Crippen LogP contribution in [0.15, 0.2) is 70.1 Å². The number of aliphatic imine (C=N–C) groups is 1. The number of nitrogens with zero attached hydrogens (tertiary/aromatic N) is 2. The lowest BCUT2D eigenvalue weighted by molar-refractivity contribution is 0.417. The Labute approximate surface area is 183 Å². The number of aromatic nitrogens is 1. The van der Waals surface area contributed by atoms with Crippen molar-refractivity contribution in [2.75, 3.05) is 12.4 Å². The number of benzene rings is 2. The molecule has 0 bridgehead atoms. The molecule has 144 valence electrons. The smallest absolute Gasteiger partial charge is 0.193 e. The number of thiazole rings is 1. The fourth-order valence-corrected chi connectivity index (χ4v) is 3.57. The van der Waals surface area contributed by atoms with Gasteiger partial charge in [0, 0.05) is 0 Å². The van der Waals surface area contributed by atoms with Gasteiger partial charge in [0.2, 0.25) is 0 Å². The molecular weight excluding hydrogens is 487 g/mol. The van der Waals surface area contributed by atoms with Crippen LogP contribution in [0.3, 0.4) is 0 Å². The van der Waals surface area contributed by atoms with Crippen LogP contribution >= 0.6 is 35.3 Å². The molecule has 8 heteroatoms. The van der Waals surface area contributed by atoms with E-state index in [1.54, 1.807) is 18.4 Å². The summed E-state index contributed by atoms with van der Waals surface area (Å²) < 4.78 is 12.3. The topological polar surface area (TPSA) is 85.7 Å². The highest BCUT2D eigenvalue weighted by Crippen LogP contribution is 2.31. The van der Waals surface area contributed by atoms with Gasteiger partial charge in [-0.3, -0.25) is 0 Å². The maximum absolute atomic E-state index is 5.98. The van der Waals surface area contributed by atoms with E-state index in [-0.39, 0.29) is 29.9 Å². The first-order valence-electron chi connectivity index (χ1n) is 8.37. The summed E-state index contributed by atoms with van der Waals surface area (Å²) in [7, 11) is 1.61. The van der Waals surface area contributed by atoms with E-state index in [2.05, 4.69) is 21.4 Å². The summed E-state index contributed by atoms with van der Waals surface area (Å²) in [6, 6.07) is 19.3. The van der Waals surface area contributed by atoms with Gasteiger partial charge in [-0.15, -0.1) is 35.3 Å². The first-order chi connectivity index (χ1) is 13.2. The molecule has 0 aliphatic rings. The number of para-hydroxylation sites is 3. The van der Waals surface area contributed by atoms with Gasteiger partial charge in [-0.05, 0) is 36.4 Å². The van der Waals surface area contributed by atoms with E-state index in [1.165, 1.54) is 0 Å². The minimum atomic E-state index is 0. The molecule has 4 rings (SSSR count). The summed E-state index contributed by atoms with van der Waals surface area (Å²) in [6.07, 6.45) is 0. The van der Waals surface area contributed by atoms with Gasteiger partial charge in [-0.1, -0.05) is 24.3 Å². The Hall–Kier alpha value is -2.59. The molecule has 2 heterocycles. The minimum Gasteiger partial charge on any atom is -0.495 e. The van der Waals surface area contributed by atoms with Crippen molar-refractivity contribution in [1.82, 2.24) is 4.98 Å². The largest absolute Gasteiger partial charge is 0.495 e. The molecule has 0 aliphatic heterocycles. The highest BCUT2D eigenvalue weighted by molar-refractivity contribution is 14.0. The number of nitrogens with one attached hydrogen (secondary N) is 1. The fourth-order valence-electron chi connectivity index (χ4n) is 2.64. The standard InChI is InChI=1S/C20H18N4O2S.HI/c1-25-16-8-4-2-6-14(16)24-20(21)22-12-13-10-11-17(26-13)19-23-15-7-3-5-9-18(15)27-19;/h2-11H,12H2,1H3,(H3,21,22,24);1H. The van der Waals surface area contributed by atoms with Crippen molar-refractivity contribution in [2.24, 2.45) is 10.7 Å². The van der Waals surface area contributed by atoms with E-state index in [0.29, 0.717) is 18.1 Å². The molecule has 3 N–H and O–H groups in total. The average molecular weight is 506 g/mol. The van der Waals surface area contributed by atoms with Gasteiger partial charge in [0.25, 0.3) is 0 Å². The zero-order valence-electron chi connectivity index (χ0n) is 15.1. The number of fused-ring (bicyclic) bond motifs is 1. The molecule has 0 spiro atoms. The Kier molecular flexibility index (Phi) is 6.53. The zero-order valence-corrected chi connectivity index (χ0v) is 18.2. The van der Waals surface area contributed by atoms with Crippen LogP contribution in [-0.2, 0) is 6.54 Å². The number of ether oxygens (including phenoxy) is 1. The van der Waals surface area contributed by atoms with Crippen LogP contribution in [-0.4, -0.2) is 18.1 Å². The third-order valence-corrected chi connectivity index (χ3v) is 4.99. The predicted octanol–water partition coefficient (Wildman–Crippen LogP) is 5.11. The van der Waals surface area contributed by atoms with Gasteiger partial charge in [0.15, 0.2) is 16.7 Å². The quantitative estimate of drug-likeness (QED) is 0.223. The van der Waals surface area contributed by atoms with Crippen LogP contribution in [0.5, 0.6) is 5.75 Å². The normalized spacial score (nSPS) is 11.2. The molecule has 4 aromatic rings. The molecule has 0 radical (unpaired) electrons. The van der Waals surface area contributed by atoms with E-state index >= 15 is 0 Å². The number of hydrogen-bond acceptors (Lipinski definition) is 5. The second-order valence-corrected chi connectivity index (χ2v) is 6.81. The number of hydrogen-bond donors (Lipinski definition) is 2. The van der Waals surface area contributed by atoms with Crippen LogP contribution in [0.1, 0.15) is 5.76 Å². The van der Waals surface area contributed by atoms with Crippen LogP contribution < -0.4 is 15.8 Å². The Morgan fingerprint density at radius 2 is 1.93 bits per heavy atom. The number of furan rings is 1. The lowest BCUT2D eigenvalue weighted by Gasteiger charge is -2.09. The molecule has 0 saturated carbocycles. The molecule has 0 fully saturated rings. The molecule has 2 aromatic carbocycles. The number of rotatable bonds is 5. The van der Waals surface area contributed by atoms with Gasteiger partial charge in [-0.2, -0.15) is 0 Å². The summed E-state index contributed by atoms with van der Waals surface area (Å²) in [6.45, 7) is 0.332. The zero-order chi connectivity index (χ0) is 18.6. The van der Waals surface area contributed by atoms with E-state index < -0.39 is 0 Å². The molecule has 0 amide bonds. The molecule has 0 saturated heterocycles. The molecule has 6 nitrogen and oxygen atoms in total. The lowest BCUT2D eigenvalue weighted by Crippen LogP contribution is -2.22. The van der Waals surface area contributed by atoms with Crippen molar-refractivity contribution >= 4 is 57.2 Å². The van der Waals surface area contributed by atoms with Crippen molar-refractivity contribution in [3.8, 4) is 16.5 Å². The first-order valence-corrected chi connectivity index (χ1v) is 9.19. The van der Waals surface area contributed by atoms with Gasteiger partial charge in [0.05, 0.1) is 23.0 Å². The van der Waals surface area contributed by atoms with Gasteiger partial charge < -0.3 is 20.2 Å². The number of nitrogens with two attached hydrogens (primary N) is 1. The SMILES string of the molecule is COc1ccccc1NC(N)=NCc1ccc(-c2nc3ccccc3s2)o1.I.